The zero-order chi connectivity index (χ0) is 18.0. The first kappa shape index (κ1) is 17.4. The van der Waals surface area contributed by atoms with Crippen LogP contribution < -0.4 is 10.6 Å². The molecule has 2 aromatic rings. The molecule has 1 aliphatic rings. The topological polar surface area (TPSA) is 76.0 Å². The van der Waals surface area contributed by atoms with Gasteiger partial charge in [0, 0.05) is 35.8 Å². The summed E-state index contributed by atoms with van der Waals surface area (Å²) in [6.07, 6.45) is 4.12. The first-order valence-electron chi connectivity index (χ1n) is 7.94. The molecule has 0 spiro atoms. The summed E-state index contributed by atoms with van der Waals surface area (Å²) >= 11 is 5.97. The first-order chi connectivity index (χ1) is 11.9. The van der Waals surface area contributed by atoms with Gasteiger partial charge < -0.3 is 10.6 Å². The Balaban J connectivity index is 1.73. The standard InChI is InChI=1S/C17H18ClFN4O2/c1-23-9-10(8-20-23)17-14(5-6-15(24)22-17)21-16(25)7-11-12(18)3-2-4-13(11)19/h2-4,8-9,14,17H,5-7H2,1H3,(H,21,25)(H,22,24)/t14-,17+/m0/s1. The number of nitrogens with zero attached hydrogens (tertiary/aromatic N) is 2. The third-order valence-corrected chi connectivity index (χ3v) is 4.58. The molecule has 1 aromatic carbocycles. The van der Waals surface area contributed by atoms with Crippen LogP contribution in [0.1, 0.15) is 30.0 Å². The number of rotatable bonds is 4. The van der Waals surface area contributed by atoms with Gasteiger partial charge in [-0.05, 0) is 18.6 Å². The SMILES string of the molecule is Cn1cc([C@H]2NC(=O)CC[C@@H]2NC(=O)Cc2c(F)cccc2Cl)cn1. The van der Waals surface area contributed by atoms with E-state index in [0.717, 1.165) is 5.56 Å². The Bertz CT molecular complexity index is 787. The van der Waals surface area contributed by atoms with E-state index in [1.165, 1.54) is 12.1 Å². The molecule has 3 rings (SSSR count). The lowest BCUT2D eigenvalue weighted by atomic mass is 9.93. The molecule has 0 aliphatic carbocycles. The second-order valence-electron chi connectivity index (χ2n) is 6.08. The zero-order valence-corrected chi connectivity index (χ0v) is 14.4. The van der Waals surface area contributed by atoms with Gasteiger partial charge in [0.2, 0.25) is 11.8 Å². The van der Waals surface area contributed by atoms with Crippen molar-refractivity contribution < 1.29 is 14.0 Å². The average Bonchev–Trinajstić information content (AvgIpc) is 2.99. The molecule has 1 fully saturated rings. The fraction of sp³-hybridized carbons (Fsp3) is 0.353. The van der Waals surface area contributed by atoms with Crippen LogP contribution in [0, 0.1) is 5.82 Å². The summed E-state index contributed by atoms with van der Waals surface area (Å²) in [5.74, 6) is -0.929. The van der Waals surface area contributed by atoms with Crippen LogP contribution in [-0.2, 0) is 23.1 Å². The van der Waals surface area contributed by atoms with Crippen LogP contribution in [0.4, 0.5) is 4.39 Å². The molecule has 8 heteroatoms. The van der Waals surface area contributed by atoms with Gasteiger partial charge in [-0.3, -0.25) is 14.3 Å². The largest absolute Gasteiger partial charge is 0.351 e. The fourth-order valence-electron chi connectivity index (χ4n) is 2.99. The Morgan fingerprint density at radius 3 is 3.00 bits per heavy atom. The molecule has 132 valence electrons. The van der Waals surface area contributed by atoms with Gasteiger partial charge in [0.05, 0.1) is 24.7 Å². The quantitative estimate of drug-likeness (QED) is 0.869. The number of carbonyl (C=O) groups excluding carboxylic acids is 2. The zero-order valence-electron chi connectivity index (χ0n) is 13.6. The van der Waals surface area contributed by atoms with Crippen molar-refractivity contribution in [3.8, 4) is 0 Å². The first-order valence-corrected chi connectivity index (χ1v) is 8.32. The van der Waals surface area contributed by atoms with Gasteiger partial charge in [0.15, 0.2) is 0 Å². The highest BCUT2D eigenvalue weighted by atomic mass is 35.5. The van der Waals surface area contributed by atoms with Gasteiger partial charge in [-0.15, -0.1) is 0 Å². The van der Waals surface area contributed by atoms with Crippen molar-refractivity contribution in [2.75, 3.05) is 0 Å². The number of nitrogens with one attached hydrogen (secondary N) is 2. The maximum atomic E-state index is 13.9. The van der Waals surface area contributed by atoms with Crippen molar-refractivity contribution in [2.45, 2.75) is 31.3 Å². The van der Waals surface area contributed by atoms with E-state index >= 15 is 0 Å². The molecule has 2 amide bonds. The number of benzene rings is 1. The molecule has 0 unspecified atom stereocenters. The molecule has 1 aromatic heterocycles. The highest BCUT2D eigenvalue weighted by Gasteiger charge is 2.32. The lowest BCUT2D eigenvalue weighted by Crippen LogP contribution is -2.50. The van der Waals surface area contributed by atoms with E-state index in [9.17, 15) is 14.0 Å². The highest BCUT2D eigenvalue weighted by Crippen LogP contribution is 2.24. The van der Waals surface area contributed by atoms with Crippen molar-refractivity contribution in [1.29, 1.82) is 0 Å². The number of halogens is 2. The molecule has 1 aliphatic heterocycles. The number of amides is 2. The molecule has 2 atom stereocenters. The molecule has 6 nitrogen and oxygen atoms in total. The molecule has 1 saturated heterocycles. The summed E-state index contributed by atoms with van der Waals surface area (Å²) < 4.78 is 15.5. The van der Waals surface area contributed by atoms with Crippen molar-refractivity contribution in [3.63, 3.8) is 0 Å². The van der Waals surface area contributed by atoms with E-state index in [4.69, 9.17) is 11.6 Å². The van der Waals surface area contributed by atoms with Crippen LogP contribution in [-0.4, -0.2) is 27.6 Å². The maximum absolute atomic E-state index is 13.9. The third kappa shape index (κ3) is 3.99. The molecule has 2 heterocycles. The smallest absolute Gasteiger partial charge is 0.224 e. The molecule has 25 heavy (non-hydrogen) atoms. The summed E-state index contributed by atoms with van der Waals surface area (Å²) in [6, 6.07) is 3.66. The van der Waals surface area contributed by atoms with E-state index in [2.05, 4.69) is 15.7 Å². The van der Waals surface area contributed by atoms with Crippen LogP contribution in [0.25, 0.3) is 0 Å². The van der Waals surface area contributed by atoms with Crippen molar-refractivity contribution in [1.82, 2.24) is 20.4 Å². The van der Waals surface area contributed by atoms with Crippen molar-refractivity contribution >= 4 is 23.4 Å². The van der Waals surface area contributed by atoms with E-state index in [-0.39, 0.29) is 40.9 Å². The van der Waals surface area contributed by atoms with Gasteiger partial charge in [0.1, 0.15) is 5.82 Å². The minimum atomic E-state index is -0.511. The fourth-order valence-corrected chi connectivity index (χ4v) is 3.22. The van der Waals surface area contributed by atoms with Crippen LogP contribution in [0.15, 0.2) is 30.6 Å². The Morgan fingerprint density at radius 2 is 2.32 bits per heavy atom. The lowest BCUT2D eigenvalue weighted by Gasteiger charge is -2.32. The summed E-state index contributed by atoms with van der Waals surface area (Å²) in [5, 5.41) is 10.1. The number of aryl methyl sites for hydroxylation is 1. The number of piperidine rings is 1. The summed E-state index contributed by atoms with van der Waals surface area (Å²) in [7, 11) is 1.78. The molecule has 0 bridgehead atoms. The number of hydrogen-bond acceptors (Lipinski definition) is 3. The highest BCUT2D eigenvalue weighted by molar-refractivity contribution is 6.31. The number of carbonyl (C=O) groups is 2. The van der Waals surface area contributed by atoms with Gasteiger partial charge in [-0.1, -0.05) is 17.7 Å². The predicted octanol–water partition coefficient (Wildman–Crippen LogP) is 1.89. The van der Waals surface area contributed by atoms with Crippen LogP contribution in [0.5, 0.6) is 0 Å². The van der Waals surface area contributed by atoms with E-state index in [0.29, 0.717) is 12.8 Å². The predicted molar refractivity (Wildman–Crippen MR) is 90.4 cm³/mol. The van der Waals surface area contributed by atoms with Gasteiger partial charge in [-0.2, -0.15) is 5.10 Å². The van der Waals surface area contributed by atoms with Crippen LogP contribution >= 0.6 is 11.6 Å². The molecule has 2 N–H and O–H groups in total. The minimum Gasteiger partial charge on any atom is -0.351 e. The Kier molecular flexibility index (Phi) is 5.03. The normalized spacial score (nSPS) is 20.2. The second kappa shape index (κ2) is 7.23. The van der Waals surface area contributed by atoms with Gasteiger partial charge in [-0.25, -0.2) is 4.39 Å². The Labute approximate surface area is 149 Å². The van der Waals surface area contributed by atoms with E-state index in [1.54, 1.807) is 30.2 Å². The third-order valence-electron chi connectivity index (χ3n) is 4.23. The summed E-state index contributed by atoms with van der Waals surface area (Å²) in [4.78, 5) is 24.1. The lowest BCUT2D eigenvalue weighted by molar-refractivity contribution is -0.126. The Morgan fingerprint density at radius 1 is 1.52 bits per heavy atom. The Hall–Kier alpha value is -2.41. The van der Waals surface area contributed by atoms with Crippen LogP contribution in [0.3, 0.4) is 0 Å². The van der Waals surface area contributed by atoms with Crippen LogP contribution in [0.2, 0.25) is 5.02 Å². The molecular formula is C17H18ClFN4O2. The molecule has 0 saturated carbocycles. The van der Waals surface area contributed by atoms with Gasteiger partial charge >= 0.3 is 0 Å². The van der Waals surface area contributed by atoms with Crippen molar-refractivity contribution in [3.05, 3.63) is 52.6 Å². The summed E-state index contributed by atoms with van der Waals surface area (Å²) in [5.41, 5.74) is 0.976. The monoisotopic (exact) mass is 364 g/mol. The maximum Gasteiger partial charge on any atom is 0.224 e. The molecular weight excluding hydrogens is 347 g/mol. The van der Waals surface area contributed by atoms with Gasteiger partial charge in [0.25, 0.3) is 0 Å². The van der Waals surface area contributed by atoms with Crippen molar-refractivity contribution in [2.24, 2.45) is 7.05 Å². The number of hydrogen-bond donors (Lipinski definition) is 2. The molecule has 0 radical (unpaired) electrons. The second-order valence-corrected chi connectivity index (χ2v) is 6.49. The minimum absolute atomic E-state index is 0.0727. The van der Waals surface area contributed by atoms with E-state index < -0.39 is 5.82 Å². The van der Waals surface area contributed by atoms with E-state index in [1.807, 2.05) is 0 Å². The average molecular weight is 365 g/mol. The number of aromatic nitrogens is 2. The summed E-state index contributed by atoms with van der Waals surface area (Å²) in [6.45, 7) is 0.